The van der Waals surface area contributed by atoms with Crippen molar-refractivity contribution in [2.75, 3.05) is 13.7 Å². The van der Waals surface area contributed by atoms with Gasteiger partial charge in [0, 0.05) is 6.04 Å². The fourth-order valence-electron chi connectivity index (χ4n) is 2.65. The molecule has 1 aliphatic rings. The van der Waals surface area contributed by atoms with Gasteiger partial charge in [-0.2, -0.15) is 0 Å². The van der Waals surface area contributed by atoms with Gasteiger partial charge < -0.3 is 10.1 Å². The van der Waals surface area contributed by atoms with Crippen LogP contribution in [0.15, 0.2) is 18.2 Å². The number of hydrogen-bond donors (Lipinski definition) is 1. The molecule has 100 valence electrons. The molecule has 1 aromatic rings. The molecule has 0 radical (unpaired) electrons. The van der Waals surface area contributed by atoms with Crippen LogP contribution in [0.2, 0.25) is 0 Å². The number of rotatable bonds is 7. The molecule has 2 rings (SSSR count). The van der Waals surface area contributed by atoms with E-state index in [-0.39, 0.29) is 0 Å². The number of aryl methyl sites for hydroxylation is 2. The van der Waals surface area contributed by atoms with Crippen LogP contribution in [0, 0.1) is 12.8 Å². The summed E-state index contributed by atoms with van der Waals surface area (Å²) >= 11 is 0. The minimum atomic E-state index is 0.719. The molecule has 1 aliphatic carbocycles. The molecule has 1 fully saturated rings. The SMILES string of the molecule is CCNC(CCc1ccc(OC)cc1C)C1CC1. The van der Waals surface area contributed by atoms with Crippen molar-refractivity contribution in [1.29, 1.82) is 0 Å². The van der Waals surface area contributed by atoms with Crippen molar-refractivity contribution in [3.05, 3.63) is 29.3 Å². The smallest absolute Gasteiger partial charge is 0.119 e. The molecule has 1 atom stereocenters. The summed E-state index contributed by atoms with van der Waals surface area (Å²) in [5.41, 5.74) is 2.81. The second-order valence-electron chi connectivity index (χ2n) is 5.33. The predicted octanol–water partition coefficient (Wildman–Crippen LogP) is 3.32. The molecule has 0 aromatic heterocycles. The van der Waals surface area contributed by atoms with Gasteiger partial charge in [0.1, 0.15) is 5.75 Å². The van der Waals surface area contributed by atoms with E-state index in [1.54, 1.807) is 7.11 Å². The Morgan fingerprint density at radius 2 is 2.17 bits per heavy atom. The van der Waals surface area contributed by atoms with E-state index in [1.165, 1.54) is 36.8 Å². The lowest BCUT2D eigenvalue weighted by atomic mass is 9.98. The van der Waals surface area contributed by atoms with Gasteiger partial charge in [0.05, 0.1) is 7.11 Å². The van der Waals surface area contributed by atoms with E-state index >= 15 is 0 Å². The quantitative estimate of drug-likeness (QED) is 0.798. The molecular formula is C16H25NO. The van der Waals surface area contributed by atoms with Gasteiger partial charge in [-0.15, -0.1) is 0 Å². The Labute approximate surface area is 111 Å². The van der Waals surface area contributed by atoms with Crippen molar-refractivity contribution >= 4 is 0 Å². The Hall–Kier alpha value is -1.02. The highest BCUT2D eigenvalue weighted by Crippen LogP contribution is 2.34. The number of ether oxygens (including phenoxy) is 1. The summed E-state index contributed by atoms with van der Waals surface area (Å²) in [6.45, 7) is 5.47. The maximum absolute atomic E-state index is 5.25. The maximum atomic E-state index is 5.25. The largest absolute Gasteiger partial charge is 0.497 e. The van der Waals surface area contributed by atoms with Crippen molar-refractivity contribution in [1.82, 2.24) is 5.32 Å². The van der Waals surface area contributed by atoms with E-state index in [4.69, 9.17) is 4.74 Å². The molecule has 0 saturated heterocycles. The van der Waals surface area contributed by atoms with Crippen LogP contribution >= 0.6 is 0 Å². The first kappa shape index (κ1) is 13.4. The zero-order chi connectivity index (χ0) is 13.0. The first-order valence-corrected chi connectivity index (χ1v) is 7.11. The Balaban J connectivity index is 1.92. The second-order valence-corrected chi connectivity index (χ2v) is 5.33. The molecule has 1 N–H and O–H groups in total. The van der Waals surface area contributed by atoms with Crippen LogP contribution in [-0.4, -0.2) is 19.7 Å². The summed E-state index contributed by atoms with van der Waals surface area (Å²) in [6, 6.07) is 7.14. The lowest BCUT2D eigenvalue weighted by molar-refractivity contribution is 0.414. The molecular weight excluding hydrogens is 222 g/mol. The van der Waals surface area contributed by atoms with Crippen LogP contribution in [0.5, 0.6) is 5.75 Å². The Kier molecular flexibility index (Phi) is 4.65. The molecule has 0 heterocycles. The van der Waals surface area contributed by atoms with Crippen LogP contribution in [0.1, 0.15) is 37.3 Å². The standard InChI is InChI=1S/C16H25NO/c1-4-17-16(14-5-6-14)10-8-13-7-9-15(18-3)11-12(13)2/h7,9,11,14,16-17H,4-6,8,10H2,1-3H3. The molecule has 2 heteroatoms. The van der Waals surface area contributed by atoms with Gasteiger partial charge in [0.25, 0.3) is 0 Å². The summed E-state index contributed by atoms with van der Waals surface area (Å²) in [5.74, 6) is 1.89. The average molecular weight is 247 g/mol. The minimum Gasteiger partial charge on any atom is -0.497 e. The average Bonchev–Trinajstić information content (AvgIpc) is 3.20. The molecule has 1 aromatic carbocycles. The molecule has 1 unspecified atom stereocenters. The van der Waals surface area contributed by atoms with E-state index in [1.807, 2.05) is 0 Å². The maximum Gasteiger partial charge on any atom is 0.119 e. The van der Waals surface area contributed by atoms with Crippen LogP contribution in [0.25, 0.3) is 0 Å². The van der Waals surface area contributed by atoms with Gasteiger partial charge in [0.15, 0.2) is 0 Å². The lowest BCUT2D eigenvalue weighted by Crippen LogP contribution is -2.31. The molecule has 1 saturated carbocycles. The van der Waals surface area contributed by atoms with Crippen molar-refractivity contribution in [2.45, 2.75) is 45.6 Å². The Bertz CT molecular complexity index is 385. The summed E-state index contributed by atoms with van der Waals surface area (Å²) < 4.78 is 5.25. The lowest BCUT2D eigenvalue weighted by Gasteiger charge is -2.18. The Morgan fingerprint density at radius 3 is 2.72 bits per heavy atom. The van der Waals surface area contributed by atoms with Gasteiger partial charge >= 0.3 is 0 Å². The highest BCUT2D eigenvalue weighted by molar-refractivity contribution is 5.34. The van der Waals surface area contributed by atoms with Crippen molar-refractivity contribution in [3.63, 3.8) is 0 Å². The van der Waals surface area contributed by atoms with Gasteiger partial charge in [-0.05, 0) is 68.3 Å². The van der Waals surface area contributed by atoms with Crippen molar-refractivity contribution in [3.8, 4) is 5.75 Å². The fourth-order valence-corrected chi connectivity index (χ4v) is 2.65. The third-order valence-corrected chi connectivity index (χ3v) is 3.93. The number of nitrogens with one attached hydrogen (secondary N) is 1. The third kappa shape index (κ3) is 3.49. The molecule has 2 nitrogen and oxygen atoms in total. The van der Waals surface area contributed by atoms with E-state index in [9.17, 15) is 0 Å². The van der Waals surface area contributed by atoms with E-state index in [2.05, 4.69) is 37.4 Å². The highest BCUT2D eigenvalue weighted by atomic mass is 16.5. The summed E-state index contributed by atoms with van der Waals surface area (Å²) in [7, 11) is 1.72. The number of methoxy groups -OCH3 is 1. The zero-order valence-corrected chi connectivity index (χ0v) is 11.8. The molecule has 0 aliphatic heterocycles. The predicted molar refractivity (Wildman–Crippen MR) is 76.2 cm³/mol. The van der Waals surface area contributed by atoms with Gasteiger partial charge in [-0.25, -0.2) is 0 Å². The number of hydrogen-bond acceptors (Lipinski definition) is 2. The third-order valence-electron chi connectivity index (χ3n) is 3.93. The number of benzene rings is 1. The van der Waals surface area contributed by atoms with E-state index in [0.717, 1.165) is 24.3 Å². The topological polar surface area (TPSA) is 21.3 Å². The highest BCUT2D eigenvalue weighted by Gasteiger charge is 2.30. The van der Waals surface area contributed by atoms with Gasteiger partial charge in [-0.1, -0.05) is 13.0 Å². The van der Waals surface area contributed by atoms with Crippen LogP contribution in [0.4, 0.5) is 0 Å². The fraction of sp³-hybridized carbons (Fsp3) is 0.625. The first-order chi connectivity index (χ1) is 8.74. The molecule has 0 amide bonds. The Morgan fingerprint density at radius 1 is 1.39 bits per heavy atom. The summed E-state index contributed by atoms with van der Waals surface area (Å²) in [4.78, 5) is 0. The van der Waals surface area contributed by atoms with Crippen LogP contribution < -0.4 is 10.1 Å². The molecule has 0 bridgehead atoms. The first-order valence-electron chi connectivity index (χ1n) is 7.11. The second kappa shape index (κ2) is 6.24. The van der Waals surface area contributed by atoms with Gasteiger partial charge in [-0.3, -0.25) is 0 Å². The minimum absolute atomic E-state index is 0.719. The van der Waals surface area contributed by atoms with Crippen molar-refractivity contribution in [2.24, 2.45) is 5.92 Å². The molecule has 0 spiro atoms. The summed E-state index contributed by atoms with van der Waals surface area (Å²) in [5, 5.41) is 3.63. The van der Waals surface area contributed by atoms with Crippen molar-refractivity contribution < 1.29 is 4.74 Å². The van der Waals surface area contributed by atoms with E-state index in [0.29, 0.717) is 0 Å². The summed E-state index contributed by atoms with van der Waals surface area (Å²) in [6.07, 6.45) is 5.26. The monoisotopic (exact) mass is 247 g/mol. The van der Waals surface area contributed by atoms with E-state index < -0.39 is 0 Å². The van der Waals surface area contributed by atoms with Crippen LogP contribution in [0.3, 0.4) is 0 Å². The van der Waals surface area contributed by atoms with Gasteiger partial charge in [0.2, 0.25) is 0 Å². The van der Waals surface area contributed by atoms with Crippen LogP contribution in [-0.2, 0) is 6.42 Å². The zero-order valence-electron chi connectivity index (χ0n) is 11.8. The molecule has 18 heavy (non-hydrogen) atoms. The normalized spacial score (nSPS) is 16.6.